The maximum Gasteiger partial charge on any atom is 0.225 e. The number of rotatable bonds is 2. The highest BCUT2D eigenvalue weighted by molar-refractivity contribution is 5.77. The third-order valence-corrected chi connectivity index (χ3v) is 5.52. The zero-order valence-electron chi connectivity index (χ0n) is 12.7. The van der Waals surface area contributed by atoms with Gasteiger partial charge >= 0.3 is 0 Å². The number of piperazine rings is 1. The Labute approximate surface area is 122 Å². The van der Waals surface area contributed by atoms with Gasteiger partial charge in [0, 0.05) is 25.2 Å². The fourth-order valence-electron chi connectivity index (χ4n) is 4.30. The van der Waals surface area contributed by atoms with Gasteiger partial charge in [-0.05, 0) is 39.2 Å². The Balaban J connectivity index is 1.61. The summed E-state index contributed by atoms with van der Waals surface area (Å²) in [4.78, 5) is 17.2. The van der Waals surface area contributed by atoms with Crippen molar-refractivity contribution in [3.63, 3.8) is 0 Å². The molecule has 1 amide bonds. The van der Waals surface area contributed by atoms with E-state index in [0.717, 1.165) is 38.8 Å². The van der Waals surface area contributed by atoms with Crippen molar-refractivity contribution in [1.82, 2.24) is 9.80 Å². The van der Waals surface area contributed by atoms with Crippen molar-refractivity contribution >= 4 is 5.91 Å². The van der Waals surface area contributed by atoms with Gasteiger partial charge in [-0.3, -0.25) is 9.69 Å². The van der Waals surface area contributed by atoms with Crippen LogP contribution in [0.4, 0.5) is 0 Å². The molecular formula is C16H28N2O2. The summed E-state index contributed by atoms with van der Waals surface area (Å²) in [5.74, 6) is 0.174. The predicted octanol–water partition coefficient (Wildman–Crippen LogP) is 1.77. The monoisotopic (exact) mass is 280 g/mol. The van der Waals surface area contributed by atoms with E-state index in [1.807, 2.05) is 4.90 Å². The molecule has 20 heavy (non-hydrogen) atoms. The number of carbonyl (C=O) groups excluding carboxylic acids is 1. The highest BCUT2D eigenvalue weighted by Gasteiger charge is 2.39. The first-order valence-corrected chi connectivity index (χ1v) is 8.33. The van der Waals surface area contributed by atoms with Gasteiger partial charge in [0.2, 0.25) is 5.91 Å². The minimum atomic E-state index is -0.720. The van der Waals surface area contributed by atoms with E-state index < -0.39 is 5.60 Å². The lowest BCUT2D eigenvalue weighted by Crippen LogP contribution is -2.57. The van der Waals surface area contributed by atoms with Crippen molar-refractivity contribution in [2.75, 3.05) is 19.6 Å². The van der Waals surface area contributed by atoms with Gasteiger partial charge in [-0.2, -0.15) is 0 Å². The van der Waals surface area contributed by atoms with E-state index in [1.165, 1.54) is 25.8 Å². The largest absolute Gasteiger partial charge is 0.389 e. The summed E-state index contributed by atoms with van der Waals surface area (Å²) in [5.41, 5.74) is -0.720. The maximum absolute atomic E-state index is 12.6. The van der Waals surface area contributed by atoms with Crippen LogP contribution in [-0.4, -0.2) is 58.1 Å². The topological polar surface area (TPSA) is 43.8 Å². The van der Waals surface area contributed by atoms with Crippen molar-refractivity contribution in [3.8, 4) is 0 Å². The molecule has 114 valence electrons. The smallest absolute Gasteiger partial charge is 0.225 e. The van der Waals surface area contributed by atoms with Crippen LogP contribution in [0.2, 0.25) is 0 Å². The van der Waals surface area contributed by atoms with E-state index >= 15 is 0 Å². The van der Waals surface area contributed by atoms with E-state index in [1.54, 1.807) is 0 Å². The summed E-state index contributed by atoms with van der Waals surface area (Å²) in [6, 6.07) is 0.861. The second kappa shape index (κ2) is 5.64. The highest BCUT2D eigenvalue weighted by atomic mass is 16.3. The number of carbonyl (C=O) groups is 1. The molecule has 0 spiro atoms. The average molecular weight is 280 g/mol. The summed E-state index contributed by atoms with van der Waals surface area (Å²) in [6.45, 7) is 5.23. The number of hydrogen-bond donors (Lipinski definition) is 1. The van der Waals surface area contributed by atoms with Gasteiger partial charge in [-0.15, -0.1) is 0 Å². The molecule has 2 atom stereocenters. The van der Waals surface area contributed by atoms with Crippen molar-refractivity contribution in [1.29, 1.82) is 0 Å². The fraction of sp³-hybridized carbons (Fsp3) is 0.938. The summed E-state index contributed by atoms with van der Waals surface area (Å²) in [6.07, 6.45) is 7.76. The third-order valence-electron chi connectivity index (χ3n) is 5.52. The lowest BCUT2D eigenvalue weighted by atomic mass is 9.82. The summed E-state index contributed by atoms with van der Waals surface area (Å²) >= 11 is 0. The average Bonchev–Trinajstić information content (AvgIpc) is 2.85. The van der Waals surface area contributed by atoms with Crippen LogP contribution < -0.4 is 0 Å². The van der Waals surface area contributed by atoms with E-state index in [2.05, 4.69) is 11.8 Å². The normalized spacial score (nSPS) is 34.0. The summed E-state index contributed by atoms with van der Waals surface area (Å²) in [7, 11) is 0. The third kappa shape index (κ3) is 2.86. The second-order valence-electron chi connectivity index (χ2n) is 7.15. The van der Waals surface area contributed by atoms with Crippen molar-refractivity contribution in [3.05, 3.63) is 0 Å². The second-order valence-corrected chi connectivity index (χ2v) is 7.15. The molecule has 3 fully saturated rings. The number of hydrogen-bond acceptors (Lipinski definition) is 3. The molecule has 3 rings (SSSR count). The zero-order valence-corrected chi connectivity index (χ0v) is 12.7. The van der Waals surface area contributed by atoms with Crippen LogP contribution in [0, 0.1) is 0 Å². The Bertz CT molecular complexity index is 365. The molecule has 2 heterocycles. The molecule has 2 saturated heterocycles. The van der Waals surface area contributed by atoms with Crippen LogP contribution in [0.25, 0.3) is 0 Å². The minimum Gasteiger partial charge on any atom is -0.389 e. The first-order valence-electron chi connectivity index (χ1n) is 8.33. The van der Waals surface area contributed by atoms with Crippen LogP contribution in [-0.2, 0) is 4.79 Å². The first kappa shape index (κ1) is 14.3. The van der Waals surface area contributed by atoms with E-state index in [0.29, 0.717) is 18.5 Å². The lowest BCUT2D eigenvalue weighted by molar-refractivity contribution is -0.143. The number of fused-ring (bicyclic) bond motifs is 1. The SMILES string of the molecule is CC1CN2CCCC2CN1C(=O)CC1(O)CCCCC1. The molecule has 4 nitrogen and oxygen atoms in total. The molecule has 2 aliphatic heterocycles. The van der Waals surface area contributed by atoms with Gasteiger partial charge in [0.25, 0.3) is 0 Å². The Morgan fingerprint density at radius 2 is 1.95 bits per heavy atom. The Kier molecular flexibility index (Phi) is 4.04. The maximum atomic E-state index is 12.6. The number of aliphatic hydroxyl groups is 1. The molecule has 2 unspecified atom stereocenters. The Morgan fingerprint density at radius 1 is 1.20 bits per heavy atom. The van der Waals surface area contributed by atoms with Crippen LogP contribution in [0.15, 0.2) is 0 Å². The summed E-state index contributed by atoms with van der Waals surface area (Å²) in [5, 5.41) is 10.6. The van der Waals surface area contributed by atoms with E-state index in [9.17, 15) is 9.90 Å². The Morgan fingerprint density at radius 3 is 2.70 bits per heavy atom. The molecule has 0 aromatic rings. The van der Waals surface area contributed by atoms with Crippen molar-refractivity contribution < 1.29 is 9.90 Å². The van der Waals surface area contributed by atoms with Gasteiger partial charge in [0.15, 0.2) is 0 Å². The highest BCUT2D eigenvalue weighted by Crippen LogP contribution is 2.32. The lowest BCUT2D eigenvalue weighted by Gasteiger charge is -2.43. The van der Waals surface area contributed by atoms with Crippen LogP contribution >= 0.6 is 0 Å². The molecule has 1 aliphatic carbocycles. The van der Waals surface area contributed by atoms with Gasteiger partial charge in [-0.25, -0.2) is 0 Å². The molecule has 0 radical (unpaired) electrons. The molecule has 0 aromatic carbocycles. The molecular weight excluding hydrogens is 252 g/mol. The molecule has 4 heteroatoms. The van der Waals surface area contributed by atoms with Gasteiger partial charge in [-0.1, -0.05) is 19.3 Å². The van der Waals surface area contributed by atoms with Gasteiger partial charge in [0.1, 0.15) is 0 Å². The van der Waals surface area contributed by atoms with E-state index in [-0.39, 0.29) is 5.91 Å². The number of amides is 1. The standard InChI is InChI=1S/C16H28N2O2/c1-13-11-17-9-5-6-14(17)12-18(13)15(19)10-16(20)7-3-2-4-8-16/h13-14,20H,2-12H2,1H3. The molecule has 0 aromatic heterocycles. The summed E-state index contributed by atoms with van der Waals surface area (Å²) < 4.78 is 0. The van der Waals surface area contributed by atoms with Gasteiger partial charge in [0.05, 0.1) is 12.0 Å². The van der Waals surface area contributed by atoms with Crippen LogP contribution in [0.1, 0.15) is 58.3 Å². The van der Waals surface area contributed by atoms with Gasteiger partial charge < -0.3 is 10.0 Å². The van der Waals surface area contributed by atoms with Crippen molar-refractivity contribution in [2.24, 2.45) is 0 Å². The van der Waals surface area contributed by atoms with Crippen LogP contribution in [0.3, 0.4) is 0 Å². The molecule has 1 saturated carbocycles. The zero-order chi connectivity index (χ0) is 14.2. The molecule has 0 bridgehead atoms. The number of nitrogens with zero attached hydrogens (tertiary/aromatic N) is 2. The quantitative estimate of drug-likeness (QED) is 0.838. The fourth-order valence-corrected chi connectivity index (χ4v) is 4.30. The Hall–Kier alpha value is -0.610. The van der Waals surface area contributed by atoms with E-state index in [4.69, 9.17) is 0 Å². The first-order chi connectivity index (χ1) is 9.57. The minimum absolute atomic E-state index is 0.174. The molecule has 3 aliphatic rings. The van der Waals surface area contributed by atoms with Crippen LogP contribution in [0.5, 0.6) is 0 Å². The molecule has 1 N–H and O–H groups in total. The van der Waals surface area contributed by atoms with Crippen molar-refractivity contribution in [2.45, 2.75) is 76.0 Å². The predicted molar refractivity (Wildman–Crippen MR) is 78.4 cm³/mol.